The van der Waals surface area contributed by atoms with Gasteiger partial charge in [-0.05, 0) is 50.1 Å². The number of amides is 1. The Morgan fingerprint density at radius 3 is 2.40 bits per heavy atom. The number of carboxylic acids is 1. The number of carbonyl (C=O) groups excluding carboxylic acids is 1. The molecule has 0 radical (unpaired) electrons. The molecular weight excluding hydrogens is 258 g/mol. The van der Waals surface area contributed by atoms with Crippen LogP contribution in [0.3, 0.4) is 0 Å². The lowest BCUT2D eigenvalue weighted by Crippen LogP contribution is -2.15. The van der Waals surface area contributed by atoms with E-state index in [1.807, 2.05) is 6.07 Å². The van der Waals surface area contributed by atoms with E-state index in [2.05, 4.69) is 5.32 Å². The van der Waals surface area contributed by atoms with Gasteiger partial charge in [0.25, 0.3) is 5.91 Å². The van der Waals surface area contributed by atoms with Gasteiger partial charge >= 0.3 is 5.97 Å². The van der Waals surface area contributed by atoms with E-state index in [1.54, 1.807) is 32.9 Å². The molecule has 2 N–H and O–H groups in total. The van der Waals surface area contributed by atoms with E-state index >= 15 is 0 Å². The molecule has 0 aliphatic carbocycles. The molecule has 0 aliphatic rings. The minimum atomic E-state index is -1.08. The molecule has 0 spiro atoms. The molecule has 0 saturated heterocycles. The molecule has 2 rings (SSSR count). The van der Waals surface area contributed by atoms with Crippen LogP contribution in [0.15, 0.2) is 28.7 Å². The summed E-state index contributed by atoms with van der Waals surface area (Å²) < 4.78 is 5.22. The standard InChI is InChI=1S/C15H15NO4/c1-8-6-9(2)13(11(7-8)15(18)19)16-14(17)12-5-4-10(3)20-12/h4-7H,1-3H3,(H,16,17)(H,18,19). The molecule has 1 heterocycles. The average molecular weight is 273 g/mol. The molecule has 1 aromatic carbocycles. The molecule has 0 aliphatic heterocycles. The number of rotatable bonds is 3. The fourth-order valence-corrected chi connectivity index (χ4v) is 2.03. The van der Waals surface area contributed by atoms with Gasteiger partial charge in [0.2, 0.25) is 0 Å². The minimum Gasteiger partial charge on any atom is -0.478 e. The summed E-state index contributed by atoms with van der Waals surface area (Å²) in [6.07, 6.45) is 0. The molecule has 0 atom stereocenters. The third-order valence-electron chi connectivity index (χ3n) is 2.91. The Kier molecular flexibility index (Phi) is 3.61. The molecule has 0 unspecified atom stereocenters. The summed E-state index contributed by atoms with van der Waals surface area (Å²) in [6, 6.07) is 6.57. The first-order chi connectivity index (χ1) is 9.38. The number of anilines is 1. The third-order valence-corrected chi connectivity index (χ3v) is 2.91. The van der Waals surface area contributed by atoms with Crippen LogP contribution in [-0.2, 0) is 0 Å². The Morgan fingerprint density at radius 1 is 1.15 bits per heavy atom. The molecule has 2 aromatic rings. The Hall–Kier alpha value is -2.56. The van der Waals surface area contributed by atoms with Crippen molar-refractivity contribution in [2.24, 2.45) is 0 Å². The zero-order valence-electron chi connectivity index (χ0n) is 11.5. The lowest BCUT2D eigenvalue weighted by Gasteiger charge is -2.12. The molecule has 20 heavy (non-hydrogen) atoms. The predicted molar refractivity (Wildman–Crippen MR) is 74.3 cm³/mol. The Bertz CT molecular complexity index is 685. The van der Waals surface area contributed by atoms with Crippen LogP contribution in [0.2, 0.25) is 0 Å². The second-order valence-electron chi connectivity index (χ2n) is 4.67. The highest BCUT2D eigenvalue weighted by Crippen LogP contribution is 2.24. The van der Waals surface area contributed by atoms with Crippen molar-refractivity contribution in [3.63, 3.8) is 0 Å². The van der Waals surface area contributed by atoms with Gasteiger partial charge in [0.15, 0.2) is 5.76 Å². The summed E-state index contributed by atoms with van der Waals surface area (Å²) in [6.45, 7) is 5.29. The van der Waals surface area contributed by atoms with E-state index in [1.165, 1.54) is 6.07 Å². The summed E-state index contributed by atoms with van der Waals surface area (Å²) in [7, 11) is 0. The Balaban J connectivity index is 2.38. The number of aryl methyl sites for hydroxylation is 3. The van der Waals surface area contributed by atoms with Crippen LogP contribution in [0.4, 0.5) is 5.69 Å². The SMILES string of the molecule is Cc1cc(C)c(NC(=O)c2ccc(C)o2)c(C(=O)O)c1. The fourth-order valence-electron chi connectivity index (χ4n) is 2.03. The number of benzene rings is 1. The number of hydrogen-bond acceptors (Lipinski definition) is 3. The van der Waals surface area contributed by atoms with Crippen molar-refractivity contribution in [2.45, 2.75) is 20.8 Å². The summed E-state index contributed by atoms with van der Waals surface area (Å²) in [5.74, 6) is -0.775. The first-order valence-electron chi connectivity index (χ1n) is 6.11. The topological polar surface area (TPSA) is 79.5 Å². The highest BCUT2D eigenvalue weighted by atomic mass is 16.4. The van der Waals surface area contributed by atoms with Gasteiger partial charge in [-0.1, -0.05) is 6.07 Å². The van der Waals surface area contributed by atoms with E-state index in [0.717, 1.165) is 5.56 Å². The van der Waals surface area contributed by atoms with E-state index < -0.39 is 11.9 Å². The molecule has 104 valence electrons. The summed E-state index contributed by atoms with van der Waals surface area (Å²) in [5, 5.41) is 11.8. The normalized spacial score (nSPS) is 10.3. The van der Waals surface area contributed by atoms with Crippen molar-refractivity contribution < 1.29 is 19.1 Å². The van der Waals surface area contributed by atoms with Gasteiger partial charge in [0.05, 0.1) is 11.3 Å². The number of furan rings is 1. The van der Waals surface area contributed by atoms with Gasteiger partial charge < -0.3 is 14.8 Å². The largest absolute Gasteiger partial charge is 0.478 e. The molecular formula is C15H15NO4. The highest BCUT2D eigenvalue weighted by Gasteiger charge is 2.18. The second kappa shape index (κ2) is 5.21. The van der Waals surface area contributed by atoms with Crippen molar-refractivity contribution in [2.75, 3.05) is 5.32 Å². The lowest BCUT2D eigenvalue weighted by atomic mass is 10.0. The maximum atomic E-state index is 12.0. The fraction of sp³-hybridized carbons (Fsp3) is 0.200. The molecule has 0 bridgehead atoms. The van der Waals surface area contributed by atoms with Gasteiger partial charge in [0, 0.05) is 0 Å². The molecule has 0 saturated carbocycles. The Labute approximate surface area is 116 Å². The van der Waals surface area contributed by atoms with Gasteiger partial charge in [0.1, 0.15) is 5.76 Å². The third kappa shape index (κ3) is 2.71. The zero-order valence-corrected chi connectivity index (χ0v) is 11.5. The molecule has 1 aromatic heterocycles. The summed E-state index contributed by atoms with van der Waals surface area (Å²) >= 11 is 0. The van der Waals surface area contributed by atoms with Crippen LogP contribution in [-0.4, -0.2) is 17.0 Å². The number of carboxylic acid groups (broad SMARTS) is 1. The maximum absolute atomic E-state index is 12.0. The highest BCUT2D eigenvalue weighted by molar-refractivity contribution is 6.07. The van der Waals surface area contributed by atoms with Gasteiger partial charge in [-0.2, -0.15) is 0 Å². The summed E-state index contributed by atoms with van der Waals surface area (Å²) in [5.41, 5.74) is 1.88. The van der Waals surface area contributed by atoms with Crippen LogP contribution in [0, 0.1) is 20.8 Å². The second-order valence-corrected chi connectivity index (χ2v) is 4.67. The number of nitrogens with one attached hydrogen (secondary N) is 1. The van der Waals surface area contributed by atoms with Crippen molar-refractivity contribution in [3.05, 3.63) is 52.5 Å². The maximum Gasteiger partial charge on any atom is 0.337 e. The predicted octanol–water partition coefficient (Wildman–Crippen LogP) is 3.16. The first kappa shape index (κ1) is 13.9. The van der Waals surface area contributed by atoms with Gasteiger partial charge in [-0.15, -0.1) is 0 Å². The van der Waals surface area contributed by atoms with Crippen molar-refractivity contribution >= 4 is 17.6 Å². The van der Waals surface area contributed by atoms with Crippen LogP contribution < -0.4 is 5.32 Å². The van der Waals surface area contributed by atoms with Crippen molar-refractivity contribution in [1.29, 1.82) is 0 Å². The number of carbonyl (C=O) groups is 2. The van der Waals surface area contributed by atoms with Crippen LogP contribution in [0.5, 0.6) is 0 Å². The zero-order chi connectivity index (χ0) is 14.9. The van der Waals surface area contributed by atoms with E-state index in [-0.39, 0.29) is 11.3 Å². The van der Waals surface area contributed by atoms with Crippen LogP contribution in [0.25, 0.3) is 0 Å². The summed E-state index contributed by atoms with van der Waals surface area (Å²) in [4.78, 5) is 23.3. The minimum absolute atomic E-state index is 0.0686. The van der Waals surface area contributed by atoms with Gasteiger partial charge in [-0.25, -0.2) is 4.79 Å². The number of aromatic carboxylic acids is 1. The molecule has 0 fully saturated rings. The van der Waals surface area contributed by atoms with E-state index in [4.69, 9.17) is 4.42 Å². The molecule has 1 amide bonds. The molecule has 5 nitrogen and oxygen atoms in total. The van der Waals surface area contributed by atoms with E-state index in [9.17, 15) is 14.7 Å². The van der Waals surface area contributed by atoms with Crippen molar-refractivity contribution in [1.82, 2.24) is 0 Å². The first-order valence-corrected chi connectivity index (χ1v) is 6.11. The lowest BCUT2D eigenvalue weighted by molar-refractivity contribution is 0.0698. The van der Waals surface area contributed by atoms with Crippen LogP contribution >= 0.6 is 0 Å². The molecule has 5 heteroatoms. The van der Waals surface area contributed by atoms with Crippen molar-refractivity contribution in [3.8, 4) is 0 Å². The van der Waals surface area contributed by atoms with Crippen LogP contribution in [0.1, 0.15) is 37.8 Å². The smallest absolute Gasteiger partial charge is 0.337 e. The average Bonchev–Trinajstić information content (AvgIpc) is 2.78. The quantitative estimate of drug-likeness (QED) is 0.900. The van der Waals surface area contributed by atoms with E-state index in [0.29, 0.717) is 17.0 Å². The monoisotopic (exact) mass is 273 g/mol. The number of hydrogen-bond donors (Lipinski definition) is 2. The Morgan fingerprint density at radius 2 is 1.85 bits per heavy atom. The van der Waals surface area contributed by atoms with Gasteiger partial charge in [-0.3, -0.25) is 4.79 Å².